The Morgan fingerprint density at radius 1 is 0.906 bits per heavy atom. The summed E-state index contributed by atoms with van der Waals surface area (Å²) in [7, 11) is 0. The molecule has 0 fully saturated rings. The number of hydrogen-bond acceptors (Lipinski definition) is 8. The van der Waals surface area contributed by atoms with E-state index < -0.39 is 66.6 Å². The van der Waals surface area contributed by atoms with Crippen molar-refractivity contribution in [3.05, 3.63) is 118 Å². The smallest absolute Gasteiger partial charge is 0.412 e. The minimum atomic E-state index is -4.66. The fourth-order valence-electron chi connectivity index (χ4n) is 5.15. The van der Waals surface area contributed by atoms with Crippen LogP contribution in [0.1, 0.15) is 25.0 Å². The number of anilines is 1. The summed E-state index contributed by atoms with van der Waals surface area (Å²) < 4.78 is 36.9. The molecule has 4 amide bonds. The number of amides is 4. The zero-order valence-electron chi connectivity index (χ0n) is 28.8. The molecule has 0 spiro atoms. The van der Waals surface area contributed by atoms with Crippen LogP contribution in [0.2, 0.25) is 5.02 Å². The third kappa shape index (κ3) is 10.8. The van der Waals surface area contributed by atoms with Gasteiger partial charge in [0, 0.05) is 30.1 Å². The number of aromatic nitrogens is 2. The molecule has 16 heteroatoms. The van der Waals surface area contributed by atoms with Gasteiger partial charge in [-0.2, -0.15) is 8.78 Å². The van der Waals surface area contributed by atoms with Crippen LogP contribution in [0.25, 0.3) is 11.4 Å². The highest BCUT2D eigenvalue weighted by atomic mass is 35.5. The molecule has 13 nitrogen and oxygen atoms in total. The third-order valence-corrected chi connectivity index (χ3v) is 8.20. The topological polar surface area (TPSA) is 169 Å². The second-order valence-corrected chi connectivity index (χ2v) is 12.0. The number of carbonyl (C=O) groups excluding carboxylic acids is 5. The lowest BCUT2D eigenvalue weighted by Crippen LogP contribution is -2.56. The second-order valence-electron chi connectivity index (χ2n) is 11.6. The van der Waals surface area contributed by atoms with Crippen molar-refractivity contribution in [1.29, 1.82) is 0 Å². The SMILES string of the molecule is CCN(CC)C(=O)CNC(=O)C(F)(F)C(=O)C(Cc1ccccc1)NC(=O)Cn1c(-c2ccc(Cl)cc2)ncc(NC(=O)OCc2ccccc2)c1=O. The predicted molar refractivity (Wildman–Crippen MR) is 192 cm³/mol. The Labute approximate surface area is 308 Å². The number of benzene rings is 3. The van der Waals surface area contributed by atoms with Crippen molar-refractivity contribution in [3.63, 3.8) is 0 Å². The van der Waals surface area contributed by atoms with Gasteiger partial charge < -0.3 is 20.3 Å². The van der Waals surface area contributed by atoms with Crippen molar-refractivity contribution < 1.29 is 37.5 Å². The maximum absolute atomic E-state index is 15.4. The molecule has 0 saturated carbocycles. The molecule has 0 saturated heterocycles. The summed E-state index contributed by atoms with van der Waals surface area (Å²) in [4.78, 5) is 83.7. The van der Waals surface area contributed by atoms with Gasteiger partial charge in [-0.3, -0.25) is 33.9 Å². The van der Waals surface area contributed by atoms with Gasteiger partial charge in [-0.05, 0) is 49.2 Å². The van der Waals surface area contributed by atoms with Gasteiger partial charge in [0.25, 0.3) is 11.5 Å². The Kier molecular flexibility index (Phi) is 13.9. The molecule has 278 valence electrons. The monoisotopic (exact) mass is 750 g/mol. The molecule has 0 aliphatic rings. The first kappa shape index (κ1) is 39.8. The number of alkyl halides is 2. The van der Waals surface area contributed by atoms with E-state index in [9.17, 15) is 28.8 Å². The molecular formula is C37H37ClF2N6O7. The predicted octanol–water partition coefficient (Wildman–Crippen LogP) is 4.23. The lowest BCUT2D eigenvalue weighted by molar-refractivity contribution is -0.161. The third-order valence-electron chi connectivity index (χ3n) is 7.95. The second kappa shape index (κ2) is 18.5. The van der Waals surface area contributed by atoms with E-state index in [-0.39, 0.29) is 31.2 Å². The van der Waals surface area contributed by atoms with Crippen molar-refractivity contribution in [3.8, 4) is 11.4 Å². The van der Waals surface area contributed by atoms with Gasteiger partial charge in [0.15, 0.2) is 0 Å². The summed E-state index contributed by atoms with van der Waals surface area (Å²) in [6, 6.07) is 20.8. The average Bonchev–Trinajstić information content (AvgIpc) is 3.15. The highest BCUT2D eigenvalue weighted by Crippen LogP contribution is 2.22. The average molecular weight is 751 g/mol. The largest absolute Gasteiger partial charge is 0.444 e. The number of rotatable bonds is 16. The van der Waals surface area contributed by atoms with Crippen molar-refractivity contribution in [1.82, 2.24) is 25.1 Å². The van der Waals surface area contributed by atoms with E-state index in [4.69, 9.17) is 16.3 Å². The summed E-state index contributed by atoms with van der Waals surface area (Å²) in [6.07, 6.45) is -0.370. The Hall–Kier alpha value is -5.96. The molecule has 4 aromatic rings. The van der Waals surface area contributed by atoms with Crippen LogP contribution >= 0.6 is 11.6 Å². The number of hydrogen-bond donors (Lipinski definition) is 3. The Balaban J connectivity index is 1.60. The maximum atomic E-state index is 15.4. The molecule has 0 bridgehead atoms. The summed E-state index contributed by atoms with van der Waals surface area (Å²) in [5.74, 6) is -10.4. The van der Waals surface area contributed by atoms with Crippen LogP contribution in [-0.2, 0) is 43.5 Å². The molecule has 3 N–H and O–H groups in total. The van der Waals surface area contributed by atoms with Crippen LogP contribution in [0, 0.1) is 0 Å². The number of nitrogens with one attached hydrogen (secondary N) is 3. The maximum Gasteiger partial charge on any atom is 0.412 e. The normalized spacial score (nSPS) is 11.6. The molecule has 1 heterocycles. The standard InChI is InChI=1S/C37H37ClF2N6O7/c1-3-45(4-2)31(48)21-42-35(51)37(39,40)32(49)28(19-24-11-7-5-8-12-24)43-30(47)22-46-33(26-15-17-27(38)18-16-26)41-20-29(34(46)50)44-36(52)53-23-25-13-9-6-10-14-25/h5-18,20,28H,3-4,19,21-23H2,1-2H3,(H,42,51)(H,43,47)(H,44,52). The Morgan fingerprint density at radius 3 is 2.11 bits per heavy atom. The van der Waals surface area contributed by atoms with Crippen LogP contribution in [0.5, 0.6) is 0 Å². The minimum Gasteiger partial charge on any atom is -0.444 e. The molecule has 1 aromatic heterocycles. The van der Waals surface area contributed by atoms with Crippen LogP contribution in [-0.4, -0.2) is 75.6 Å². The molecule has 1 atom stereocenters. The van der Waals surface area contributed by atoms with Gasteiger partial charge >= 0.3 is 12.0 Å². The fourth-order valence-corrected chi connectivity index (χ4v) is 5.28. The molecule has 53 heavy (non-hydrogen) atoms. The summed E-state index contributed by atoms with van der Waals surface area (Å²) >= 11 is 6.03. The minimum absolute atomic E-state index is 0.0569. The van der Waals surface area contributed by atoms with Crippen molar-refractivity contribution >= 4 is 46.9 Å². The van der Waals surface area contributed by atoms with E-state index in [2.05, 4.69) is 15.6 Å². The number of ketones is 1. The molecule has 3 aromatic carbocycles. The van der Waals surface area contributed by atoms with Crippen LogP contribution in [0.15, 0.2) is 95.9 Å². The number of nitrogens with zero attached hydrogens (tertiary/aromatic N) is 3. The summed E-state index contributed by atoms with van der Waals surface area (Å²) in [6.45, 7) is 2.18. The zero-order valence-corrected chi connectivity index (χ0v) is 29.6. The number of likely N-dealkylation sites (N-methyl/N-ethyl adjacent to an activating group) is 1. The van der Waals surface area contributed by atoms with Gasteiger partial charge in [0.05, 0.1) is 18.8 Å². The quantitative estimate of drug-likeness (QED) is 0.143. The molecule has 4 rings (SSSR count). The van der Waals surface area contributed by atoms with E-state index in [1.54, 1.807) is 62.4 Å². The lowest BCUT2D eigenvalue weighted by Gasteiger charge is -2.24. The molecular weight excluding hydrogens is 714 g/mol. The van der Waals surface area contributed by atoms with Crippen LogP contribution in [0.3, 0.4) is 0 Å². The Bertz CT molecular complexity index is 1980. The number of carbonyl (C=O) groups is 5. The van der Waals surface area contributed by atoms with E-state index in [0.29, 0.717) is 21.7 Å². The Morgan fingerprint density at radius 2 is 1.51 bits per heavy atom. The van der Waals surface area contributed by atoms with Gasteiger partial charge in [-0.25, -0.2) is 9.78 Å². The first-order valence-electron chi connectivity index (χ1n) is 16.5. The fraction of sp³-hybridized carbons (Fsp3) is 0.270. The highest BCUT2D eigenvalue weighted by Gasteiger charge is 2.50. The number of Topliss-reactive ketones (excluding diaryl/α,β-unsaturated/α-hetero) is 1. The van der Waals surface area contributed by atoms with Crippen LogP contribution < -0.4 is 21.5 Å². The number of halogens is 3. The molecule has 0 radical (unpaired) electrons. The van der Waals surface area contributed by atoms with E-state index in [1.165, 1.54) is 41.3 Å². The van der Waals surface area contributed by atoms with Gasteiger partial charge in [0.2, 0.25) is 17.6 Å². The zero-order chi connectivity index (χ0) is 38.5. The van der Waals surface area contributed by atoms with Gasteiger partial charge in [-0.15, -0.1) is 0 Å². The van der Waals surface area contributed by atoms with Crippen molar-refractivity contribution in [2.75, 3.05) is 25.0 Å². The molecule has 0 aliphatic carbocycles. The van der Waals surface area contributed by atoms with Gasteiger partial charge in [0.1, 0.15) is 24.7 Å². The van der Waals surface area contributed by atoms with Crippen molar-refractivity contribution in [2.24, 2.45) is 0 Å². The van der Waals surface area contributed by atoms with E-state index >= 15 is 8.78 Å². The molecule has 1 unspecified atom stereocenters. The summed E-state index contributed by atoms with van der Waals surface area (Å²) in [5, 5.41) is 6.74. The van der Waals surface area contributed by atoms with Gasteiger partial charge in [-0.1, -0.05) is 72.3 Å². The van der Waals surface area contributed by atoms with E-state index in [0.717, 1.165) is 10.8 Å². The molecule has 0 aliphatic heterocycles. The van der Waals surface area contributed by atoms with E-state index in [1.807, 2.05) is 5.32 Å². The summed E-state index contributed by atoms with van der Waals surface area (Å²) in [5.41, 5.74) is 0.110. The first-order valence-corrected chi connectivity index (χ1v) is 16.9. The number of ether oxygens (including phenoxy) is 1. The highest BCUT2D eigenvalue weighted by molar-refractivity contribution is 6.30. The van der Waals surface area contributed by atoms with Crippen LogP contribution in [0.4, 0.5) is 19.3 Å². The lowest BCUT2D eigenvalue weighted by atomic mass is 9.98. The first-order chi connectivity index (χ1) is 25.3. The van der Waals surface area contributed by atoms with Crippen molar-refractivity contribution in [2.45, 2.75) is 45.4 Å².